The maximum atomic E-state index is 13.1. The van der Waals surface area contributed by atoms with Gasteiger partial charge in [-0.3, -0.25) is 4.79 Å². The second-order valence-corrected chi connectivity index (χ2v) is 4.04. The molecule has 0 unspecified atom stereocenters. The quantitative estimate of drug-likeness (QED) is 0.853. The summed E-state index contributed by atoms with van der Waals surface area (Å²) in [5.41, 5.74) is 0.155. The summed E-state index contributed by atoms with van der Waals surface area (Å²) in [5.74, 6) is -1.57. The maximum absolute atomic E-state index is 13.1. The molecule has 13 heavy (non-hydrogen) atoms. The molecule has 0 aliphatic heterocycles. The van der Waals surface area contributed by atoms with Crippen molar-refractivity contribution in [1.29, 1.82) is 0 Å². The third kappa shape index (κ3) is 2.51. The fourth-order valence-corrected chi connectivity index (χ4v) is 1.72. The Bertz CT molecular complexity index is 352. The summed E-state index contributed by atoms with van der Waals surface area (Å²) in [7, 11) is 0. The molecule has 1 rings (SSSR count). The molecule has 1 aromatic carbocycles. The minimum Gasteiger partial charge on any atom is -0.481 e. The zero-order valence-electron chi connectivity index (χ0n) is 6.35. The molecule has 0 aromatic heterocycles. The first-order valence-electron chi connectivity index (χ1n) is 3.36. The molecule has 0 saturated heterocycles. The highest BCUT2D eigenvalue weighted by atomic mass is 79.9. The first-order chi connectivity index (χ1) is 6.02. The third-order valence-electron chi connectivity index (χ3n) is 1.47. The minimum absolute atomic E-state index is 0.155. The van der Waals surface area contributed by atoms with Crippen LogP contribution in [0.3, 0.4) is 0 Å². The van der Waals surface area contributed by atoms with Crippen molar-refractivity contribution in [3.05, 3.63) is 32.5 Å². The summed E-state index contributed by atoms with van der Waals surface area (Å²) in [6, 6.07) is 2.75. The molecule has 0 spiro atoms. The van der Waals surface area contributed by atoms with Gasteiger partial charge in [0, 0.05) is 14.5 Å². The lowest BCUT2D eigenvalue weighted by Gasteiger charge is -2.04. The van der Waals surface area contributed by atoms with Crippen LogP contribution in [0.5, 0.6) is 0 Å². The van der Waals surface area contributed by atoms with Gasteiger partial charge in [-0.2, -0.15) is 0 Å². The second kappa shape index (κ2) is 4.19. The summed E-state index contributed by atoms with van der Waals surface area (Å²) >= 11 is 6.27. The number of aliphatic carboxylic acids is 1. The number of rotatable bonds is 2. The van der Waals surface area contributed by atoms with Crippen LogP contribution in [0.4, 0.5) is 4.39 Å². The van der Waals surface area contributed by atoms with Crippen molar-refractivity contribution in [2.24, 2.45) is 0 Å². The Labute approximate surface area is 91.0 Å². The zero-order valence-corrected chi connectivity index (χ0v) is 9.52. The SMILES string of the molecule is O=C(O)Cc1c(F)ccc(Br)c1Br. The van der Waals surface area contributed by atoms with Crippen LogP contribution in [0.1, 0.15) is 5.56 Å². The molecule has 0 bridgehead atoms. The van der Waals surface area contributed by atoms with Crippen molar-refractivity contribution < 1.29 is 14.3 Å². The lowest BCUT2D eigenvalue weighted by Crippen LogP contribution is -2.03. The van der Waals surface area contributed by atoms with Crippen LogP contribution < -0.4 is 0 Å². The standard InChI is InChI=1S/C8H5Br2FO2/c9-5-1-2-6(11)4(8(5)10)3-7(12)13/h1-2H,3H2,(H,12,13). The smallest absolute Gasteiger partial charge is 0.307 e. The fourth-order valence-electron chi connectivity index (χ4n) is 0.882. The molecule has 0 radical (unpaired) electrons. The molecule has 1 aromatic rings. The average molecular weight is 312 g/mol. The van der Waals surface area contributed by atoms with E-state index in [-0.39, 0.29) is 12.0 Å². The van der Waals surface area contributed by atoms with Crippen LogP contribution in [0.15, 0.2) is 21.1 Å². The highest BCUT2D eigenvalue weighted by Crippen LogP contribution is 2.28. The molecule has 0 heterocycles. The van der Waals surface area contributed by atoms with E-state index in [2.05, 4.69) is 31.9 Å². The van der Waals surface area contributed by atoms with E-state index in [0.29, 0.717) is 8.95 Å². The van der Waals surface area contributed by atoms with Gasteiger partial charge < -0.3 is 5.11 Å². The lowest BCUT2D eigenvalue weighted by atomic mass is 10.1. The van der Waals surface area contributed by atoms with Crippen molar-refractivity contribution in [3.8, 4) is 0 Å². The van der Waals surface area contributed by atoms with E-state index in [0.717, 1.165) is 0 Å². The normalized spacial score (nSPS) is 10.1. The molecule has 0 aliphatic carbocycles. The molecule has 0 saturated carbocycles. The van der Waals surface area contributed by atoms with Gasteiger partial charge in [0.25, 0.3) is 0 Å². The largest absolute Gasteiger partial charge is 0.481 e. The Morgan fingerprint density at radius 1 is 1.46 bits per heavy atom. The number of halogens is 3. The predicted molar refractivity (Wildman–Crippen MR) is 53.1 cm³/mol. The van der Waals surface area contributed by atoms with E-state index in [9.17, 15) is 9.18 Å². The highest BCUT2D eigenvalue weighted by Gasteiger charge is 2.12. The molecule has 0 atom stereocenters. The van der Waals surface area contributed by atoms with Gasteiger partial charge in [0.15, 0.2) is 0 Å². The maximum Gasteiger partial charge on any atom is 0.307 e. The number of carboxylic acid groups (broad SMARTS) is 1. The van der Waals surface area contributed by atoms with Crippen molar-refractivity contribution in [2.45, 2.75) is 6.42 Å². The van der Waals surface area contributed by atoms with Crippen molar-refractivity contribution in [3.63, 3.8) is 0 Å². The van der Waals surface area contributed by atoms with Gasteiger partial charge in [0.1, 0.15) is 5.82 Å². The summed E-state index contributed by atoms with van der Waals surface area (Å²) in [6.45, 7) is 0. The highest BCUT2D eigenvalue weighted by molar-refractivity contribution is 9.13. The van der Waals surface area contributed by atoms with E-state index in [1.165, 1.54) is 12.1 Å². The molecule has 5 heteroatoms. The van der Waals surface area contributed by atoms with E-state index >= 15 is 0 Å². The van der Waals surface area contributed by atoms with Crippen LogP contribution in [-0.4, -0.2) is 11.1 Å². The van der Waals surface area contributed by atoms with Gasteiger partial charge in [-0.15, -0.1) is 0 Å². The minimum atomic E-state index is -1.06. The molecule has 0 amide bonds. The average Bonchev–Trinajstić information content (AvgIpc) is 2.05. The Hall–Kier alpha value is -0.420. The second-order valence-electron chi connectivity index (χ2n) is 2.39. The van der Waals surface area contributed by atoms with Crippen LogP contribution in [0.2, 0.25) is 0 Å². The van der Waals surface area contributed by atoms with Gasteiger partial charge in [-0.05, 0) is 44.0 Å². The first-order valence-corrected chi connectivity index (χ1v) is 4.95. The van der Waals surface area contributed by atoms with Crippen LogP contribution in [0, 0.1) is 5.82 Å². The summed E-state index contributed by atoms with van der Waals surface area (Å²) < 4.78 is 14.2. The van der Waals surface area contributed by atoms with Gasteiger partial charge in [-0.25, -0.2) is 4.39 Å². The molecular formula is C8H5Br2FO2. The number of carbonyl (C=O) groups is 1. The number of hydrogen-bond donors (Lipinski definition) is 1. The topological polar surface area (TPSA) is 37.3 Å². The number of carboxylic acids is 1. The van der Waals surface area contributed by atoms with E-state index < -0.39 is 11.8 Å². The van der Waals surface area contributed by atoms with Gasteiger partial charge in [-0.1, -0.05) is 0 Å². The molecule has 0 aliphatic rings. The molecular weight excluding hydrogens is 307 g/mol. The number of benzene rings is 1. The zero-order chi connectivity index (χ0) is 10.0. The van der Waals surface area contributed by atoms with E-state index in [1.807, 2.05) is 0 Å². The summed E-state index contributed by atoms with van der Waals surface area (Å²) in [6.07, 6.45) is -0.328. The van der Waals surface area contributed by atoms with E-state index in [4.69, 9.17) is 5.11 Å². The van der Waals surface area contributed by atoms with Gasteiger partial charge >= 0.3 is 5.97 Å². The van der Waals surface area contributed by atoms with Crippen LogP contribution in [-0.2, 0) is 11.2 Å². The molecule has 1 N–H and O–H groups in total. The monoisotopic (exact) mass is 310 g/mol. The van der Waals surface area contributed by atoms with Crippen LogP contribution >= 0.6 is 31.9 Å². The van der Waals surface area contributed by atoms with Crippen molar-refractivity contribution in [2.75, 3.05) is 0 Å². The summed E-state index contributed by atoms with van der Waals surface area (Å²) in [5, 5.41) is 8.50. The van der Waals surface area contributed by atoms with Crippen LogP contribution in [0.25, 0.3) is 0 Å². The number of hydrogen-bond acceptors (Lipinski definition) is 1. The van der Waals surface area contributed by atoms with E-state index in [1.54, 1.807) is 0 Å². The Balaban J connectivity index is 3.17. The van der Waals surface area contributed by atoms with Crippen molar-refractivity contribution in [1.82, 2.24) is 0 Å². The van der Waals surface area contributed by atoms with Gasteiger partial charge in [0.2, 0.25) is 0 Å². The Morgan fingerprint density at radius 2 is 2.08 bits per heavy atom. The first kappa shape index (κ1) is 10.7. The van der Waals surface area contributed by atoms with Gasteiger partial charge in [0.05, 0.1) is 6.42 Å². The third-order valence-corrected chi connectivity index (χ3v) is 3.57. The lowest BCUT2D eigenvalue weighted by molar-refractivity contribution is -0.136. The molecule has 70 valence electrons. The Morgan fingerprint density at radius 3 is 2.62 bits per heavy atom. The fraction of sp³-hybridized carbons (Fsp3) is 0.125. The predicted octanol–water partition coefficient (Wildman–Crippen LogP) is 2.98. The molecule has 2 nitrogen and oxygen atoms in total. The van der Waals surface area contributed by atoms with Crippen molar-refractivity contribution >= 4 is 37.8 Å². The summed E-state index contributed by atoms with van der Waals surface area (Å²) in [4.78, 5) is 10.4. The molecule has 0 fully saturated rings. The Kier molecular flexibility index (Phi) is 3.44.